The Labute approximate surface area is 139 Å². The van der Waals surface area contributed by atoms with Crippen LogP contribution >= 0.6 is 11.6 Å². The zero-order chi connectivity index (χ0) is 16.8. The van der Waals surface area contributed by atoms with E-state index in [0.717, 1.165) is 11.7 Å². The number of carbonyl (C=O) groups is 2. The Balaban J connectivity index is 1.78. The van der Waals surface area contributed by atoms with Crippen LogP contribution in [-0.4, -0.2) is 45.5 Å². The van der Waals surface area contributed by atoms with Crippen LogP contribution in [0.1, 0.15) is 37.2 Å². The normalized spacial score (nSPS) is 15.6. The van der Waals surface area contributed by atoms with E-state index in [1.807, 2.05) is 37.6 Å². The summed E-state index contributed by atoms with van der Waals surface area (Å²) in [6, 6.07) is 3.50. The van der Waals surface area contributed by atoms with Crippen molar-refractivity contribution in [1.29, 1.82) is 0 Å². The molecule has 2 aromatic rings. The molecule has 6 nitrogen and oxygen atoms in total. The molecule has 0 spiro atoms. The largest absolute Gasteiger partial charge is 0.444 e. The van der Waals surface area contributed by atoms with E-state index in [1.165, 1.54) is 0 Å². The molecule has 0 bridgehead atoms. The van der Waals surface area contributed by atoms with Crippen molar-refractivity contribution in [3.63, 3.8) is 0 Å². The van der Waals surface area contributed by atoms with Crippen molar-refractivity contribution in [2.24, 2.45) is 0 Å². The number of hydrogen-bond donors (Lipinski definition) is 0. The number of amides is 1. The van der Waals surface area contributed by atoms with Gasteiger partial charge in [0.25, 0.3) is 0 Å². The van der Waals surface area contributed by atoms with Gasteiger partial charge in [-0.2, -0.15) is 0 Å². The molecule has 3 heterocycles. The van der Waals surface area contributed by atoms with Crippen molar-refractivity contribution in [2.45, 2.75) is 32.4 Å². The van der Waals surface area contributed by atoms with Gasteiger partial charge in [0.2, 0.25) is 0 Å². The molecule has 122 valence electrons. The maximum atomic E-state index is 12.0. The first-order valence-corrected chi connectivity index (χ1v) is 7.76. The average molecular weight is 336 g/mol. The van der Waals surface area contributed by atoms with Crippen LogP contribution in [0.4, 0.5) is 4.79 Å². The van der Waals surface area contributed by atoms with E-state index in [-0.39, 0.29) is 17.3 Å². The summed E-state index contributed by atoms with van der Waals surface area (Å²) >= 11 is 5.98. The third-order valence-electron chi connectivity index (χ3n) is 3.72. The molecule has 23 heavy (non-hydrogen) atoms. The highest BCUT2D eigenvalue weighted by atomic mass is 35.5. The number of carbonyl (C=O) groups excluding carboxylic acids is 2. The Hall–Kier alpha value is -2.08. The number of halogens is 1. The molecule has 0 aliphatic carbocycles. The minimum Gasteiger partial charge on any atom is -0.444 e. The maximum Gasteiger partial charge on any atom is 0.410 e. The van der Waals surface area contributed by atoms with Gasteiger partial charge in [-0.25, -0.2) is 9.78 Å². The van der Waals surface area contributed by atoms with Gasteiger partial charge in [0.1, 0.15) is 16.4 Å². The summed E-state index contributed by atoms with van der Waals surface area (Å²) in [4.78, 5) is 29.1. The van der Waals surface area contributed by atoms with Gasteiger partial charge in [-0.05, 0) is 32.9 Å². The van der Waals surface area contributed by atoms with E-state index in [4.69, 9.17) is 16.3 Å². The Morgan fingerprint density at radius 2 is 2.13 bits per heavy atom. The Bertz CT molecular complexity index is 773. The lowest BCUT2D eigenvalue weighted by Gasteiger charge is -2.40. The van der Waals surface area contributed by atoms with Crippen LogP contribution in [0, 0.1) is 0 Å². The smallest absolute Gasteiger partial charge is 0.410 e. The molecule has 2 aromatic heterocycles. The molecular weight excluding hydrogens is 318 g/mol. The summed E-state index contributed by atoms with van der Waals surface area (Å²) in [6.07, 6.45) is 2.33. The van der Waals surface area contributed by atoms with Crippen molar-refractivity contribution in [3.8, 4) is 0 Å². The zero-order valence-corrected chi connectivity index (χ0v) is 14.0. The number of hydrogen-bond acceptors (Lipinski definition) is 4. The summed E-state index contributed by atoms with van der Waals surface area (Å²) in [5, 5.41) is 1.04. The molecule has 0 aromatic carbocycles. The summed E-state index contributed by atoms with van der Waals surface area (Å²) < 4.78 is 7.30. The minimum absolute atomic E-state index is 0.102. The van der Waals surface area contributed by atoms with Crippen LogP contribution in [0.15, 0.2) is 18.3 Å². The van der Waals surface area contributed by atoms with E-state index in [9.17, 15) is 9.59 Å². The van der Waals surface area contributed by atoms with Gasteiger partial charge in [0, 0.05) is 30.2 Å². The lowest BCUT2D eigenvalue weighted by molar-refractivity contribution is 0.00151. The van der Waals surface area contributed by atoms with E-state index < -0.39 is 5.60 Å². The molecule has 3 rings (SSSR count). The van der Waals surface area contributed by atoms with E-state index in [1.54, 1.807) is 11.0 Å². The fourth-order valence-electron chi connectivity index (χ4n) is 2.62. The van der Waals surface area contributed by atoms with Crippen molar-refractivity contribution in [1.82, 2.24) is 14.5 Å². The number of likely N-dealkylation sites (tertiary alicyclic amines) is 1. The highest BCUT2D eigenvalue weighted by molar-refractivity contribution is 6.30. The number of rotatable bonds is 2. The second kappa shape index (κ2) is 5.53. The van der Waals surface area contributed by atoms with Crippen LogP contribution in [0.5, 0.6) is 0 Å². The molecule has 7 heteroatoms. The molecule has 0 saturated carbocycles. The first-order valence-electron chi connectivity index (χ1n) is 7.38. The summed E-state index contributed by atoms with van der Waals surface area (Å²) in [5.41, 5.74) is 0.673. The minimum atomic E-state index is -0.504. The number of fused-ring (bicyclic) bond motifs is 1. The monoisotopic (exact) mass is 335 g/mol. The van der Waals surface area contributed by atoms with Gasteiger partial charge < -0.3 is 14.2 Å². The quantitative estimate of drug-likeness (QED) is 0.624. The van der Waals surface area contributed by atoms with E-state index >= 15 is 0 Å². The Morgan fingerprint density at radius 1 is 1.43 bits per heavy atom. The summed E-state index contributed by atoms with van der Waals surface area (Å²) in [7, 11) is 0. The summed E-state index contributed by atoms with van der Waals surface area (Å²) in [5.74, 6) is 0. The third kappa shape index (κ3) is 3.03. The van der Waals surface area contributed by atoms with Crippen LogP contribution in [0.2, 0.25) is 5.15 Å². The molecule has 1 amide bonds. The lowest BCUT2D eigenvalue weighted by Crippen LogP contribution is -2.52. The first kappa shape index (κ1) is 15.8. The molecule has 0 unspecified atom stereocenters. The molecule has 1 saturated heterocycles. The number of ether oxygens (including phenoxy) is 1. The second-order valence-electron chi connectivity index (χ2n) is 6.65. The topological polar surface area (TPSA) is 64.4 Å². The maximum absolute atomic E-state index is 12.0. The van der Waals surface area contributed by atoms with Gasteiger partial charge in [-0.15, -0.1) is 0 Å². The number of aromatic nitrogens is 2. The van der Waals surface area contributed by atoms with Gasteiger partial charge in [-0.3, -0.25) is 4.79 Å². The predicted octanol–water partition coefficient (Wildman–Crippen LogP) is 3.29. The van der Waals surface area contributed by atoms with Crippen LogP contribution in [0.3, 0.4) is 0 Å². The second-order valence-corrected chi connectivity index (χ2v) is 7.04. The average Bonchev–Trinajstić information content (AvgIpc) is 2.77. The van der Waals surface area contributed by atoms with Gasteiger partial charge in [0.05, 0.1) is 6.04 Å². The summed E-state index contributed by atoms with van der Waals surface area (Å²) in [6.45, 7) is 6.62. The van der Waals surface area contributed by atoms with E-state index in [2.05, 4.69) is 4.98 Å². The number of pyridine rings is 1. The van der Waals surface area contributed by atoms with Crippen molar-refractivity contribution < 1.29 is 14.3 Å². The van der Waals surface area contributed by atoms with Crippen LogP contribution in [0.25, 0.3) is 11.0 Å². The van der Waals surface area contributed by atoms with Crippen molar-refractivity contribution in [2.75, 3.05) is 13.1 Å². The van der Waals surface area contributed by atoms with Crippen molar-refractivity contribution >= 4 is 35.0 Å². The molecule has 1 fully saturated rings. The standard InChI is InChI=1S/C16H18ClN3O3/c1-16(2,3)23-15(22)19-7-11(8-19)20-5-4-12-10(9-21)6-13(17)18-14(12)20/h4-6,9,11H,7-8H2,1-3H3. The van der Waals surface area contributed by atoms with Crippen LogP contribution < -0.4 is 0 Å². The van der Waals surface area contributed by atoms with Crippen LogP contribution in [-0.2, 0) is 4.74 Å². The highest BCUT2D eigenvalue weighted by Gasteiger charge is 2.35. The molecule has 0 radical (unpaired) electrons. The van der Waals surface area contributed by atoms with E-state index in [0.29, 0.717) is 24.3 Å². The van der Waals surface area contributed by atoms with Gasteiger partial charge in [0.15, 0.2) is 6.29 Å². The molecule has 0 N–H and O–H groups in total. The fraction of sp³-hybridized carbons (Fsp3) is 0.438. The van der Waals surface area contributed by atoms with Crippen molar-refractivity contribution in [3.05, 3.63) is 29.0 Å². The molecule has 0 atom stereocenters. The van der Waals surface area contributed by atoms with Gasteiger partial charge in [-0.1, -0.05) is 11.6 Å². The molecule has 1 aliphatic heterocycles. The number of nitrogens with zero attached hydrogens (tertiary/aromatic N) is 3. The SMILES string of the molecule is CC(C)(C)OC(=O)N1CC(n2ccc3c(C=O)cc(Cl)nc32)C1. The predicted molar refractivity (Wildman–Crippen MR) is 87.0 cm³/mol. The fourth-order valence-corrected chi connectivity index (χ4v) is 2.82. The molecule has 1 aliphatic rings. The number of aldehydes is 1. The molecular formula is C16H18ClN3O3. The highest BCUT2D eigenvalue weighted by Crippen LogP contribution is 2.29. The van der Waals surface area contributed by atoms with Gasteiger partial charge >= 0.3 is 6.09 Å². The lowest BCUT2D eigenvalue weighted by atomic mass is 10.1. The first-order chi connectivity index (χ1) is 10.8. The Kier molecular flexibility index (Phi) is 3.80. The Morgan fingerprint density at radius 3 is 2.74 bits per heavy atom. The zero-order valence-electron chi connectivity index (χ0n) is 13.2. The third-order valence-corrected chi connectivity index (χ3v) is 3.91.